The van der Waals surface area contributed by atoms with Gasteiger partial charge in [0.05, 0.1) is 11.3 Å². The fourth-order valence-electron chi connectivity index (χ4n) is 4.40. The van der Waals surface area contributed by atoms with Gasteiger partial charge in [-0.15, -0.1) is 0 Å². The van der Waals surface area contributed by atoms with E-state index in [2.05, 4.69) is 4.98 Å². The van der Waals surface area contributed by atoms with Crippen molar-refractivity contribution in [1.82, 2.24) is 4.98 Å². The SMILES string of the molecule is Cc1cc(/C(O)=C2\C(=O)C(=O)N(c3ccc(F)c(F)c3)C2c2ccccn2)ccc1OCc1ccccc1. The van der Waals surface area contributed by atoms with Crippen LogP contribution in [0, 0.1) is 18.6 Å². The quantitative estimate of drug-likeness (QED) is 0.199. The van der Waals surface area contributed by atoms with E-state index < -0.39 is 35.1 Å². The van der Waals surface area contributed by atoms with Crippen molar-refractivity contribution in [3.05, 3.63) is 131 Å². The number of ether oxygens (including phenoxy) is 1. The van der Waals surface area contributed by atoms with Gasteiger partial charge in [-0.25, -0.2) is 8.78 Å². The number of amides is 1. The molecule has 38 heavy (non-hydrogen) atoms. The number of aryl methyl sites for hydroxylation is 1. The number of nitrogens with zero attached hydrogens (tertiary/aromatic N) is 2. The molecule has 1 fully saturated rings. The average Bonchev–Trinajstić information content (AvgIpc) is 3.20. The molecule has 0 radical (unpaired) electrons. The third-order valence-electron chi connectivity index (χ3n) is 6.28. The van der Waals surface area contributed by atoms with Gasteiger partial charge in [0.15, 0.2) is 11.6 Å². The monoisotopic (exact) mass is 512 g/mol. The van der Waals surface area contributed by atoms with Crippen LogP contribution in [0.3, 0.4) is 0 Å². The van der Waals surface area contributed by atoms with Crippen molar-refractivity contribution in [3.63, 3.8) is 0 Å². The van der Waals surface area contributed by atoms with E-state index in [-0.39, 0.29) is 17.0 Å². The Labute approximate surface area is 217 Å². The Bertz CT molecular complexity index is 1560. The van der Waals surface area contributed by atoms with E-state index in [1.165, 1.54) is 12.3 Å². The van der Waals surface area contributed by atoms with E-state index in [4.69, 9.17) is 4.74 Å². The van der Waals surface area contributed by atoms with Gasteiger partial charge in [0.25, 0.3) is 11.7 Å². The molecule has 1 unspecified atom stereocenters. The zero-order chi connectivity index (χ0) is 26.8. The molecule has 1 aliphatic rings. The predicted octanol–water partition coefficient (Wildman–Crippen LogP) is 5.87. The number of aliphatic hydroxyl groups excluding tert-OH is 1. The molecule has 1 atom stereocenters. The molecular formula is C30H22F2N2O4. The third kappa shape index (κ3) is 4.64. The van der Waals surface area contributed by atoms with Gasteiger partial charge in [-0.05, 0) is 60.5 Å². The Balaban J connectivity index is 1.55. The molecule has 1 aliphatic heterocycles. The van der Waals surface area contributed by atoms with Crippen LogP contribution in [0.1, 0.15) is 28.4 Å². The largest absolute Gasteiger partial charge is 0.507 e. The van der Waals surface area contributed by atoms with Crippen molar-refractivity contribution in [3.8, 4) is 5.75 Å². The molecule has 1 amide bonds. The Morgan fingerprint density at radius 1 is 0.947 bits per heavy atom. The van der Waals surface area contributed by atoms with E-state index in [9.17, 15) is 23.5 Å². The molecule has 0 aliphatic carbocycles. The highest BCUT2D eigenvalue weighted by molar-refractivity contribution is 6.51. The number of aromatic nitrogens is 1. The number of rotatable bonds is 6. The Hall–Kier alpha value is -4.85. The molecule has 1 aromatic heterocycles. The number of hydrogen-bond donors (Lipinski definition) is 1. The number of carbonyl (C=O) groups excluding carboxylic acids is 2. The smallest absolute Gasteiger partial charge is 0.300 e. The molecule has 4 aromatic rings. The maximum absolute atomic E-state index is 14.1. The van der Waals surface area contributed by atoms with Gasteiger partial charge in [-0.2, -0.15) is 0 Å². The summed E-state index contributed by atoms with van der Waals surface area (Å²) in [5, 5.41) is 11.3. The molecule has 0 saturated carbocycles. The van der Waals surface area contributed by atoms with Crippen molar-refractivity contribution >= 4 is 23.1 Å². The Kier molecular flexibility index (Phi) is 6.70. The highest BCUT2D eigenvalue weighted by Gasteiger charge is 2.47. The summed E-state index contributed by atoms with van der Waals surface area (Å²) in [6.07, 6.45) is 1.48. The molecule has 1 N–H and O–H groups in total. The lowest BCUT2D eigenvalue weighted by molar-refractivity contribution is -0.132. The van der Waals surface area contributed by atoms with Crippen LogP contribution < -0.4 is 9.64 Å². The van der Waals surface area contributed by atoms with Gasteiger partial charge in [0.2, 0.25) is 0 Å². The summed E-state index contributed by atoms with van der Waals surface area (Å²) in [5.74, 6) is -4.05. The molecule has 190 valence electrons. The van der Waals surface area contributed by atoms with Gasteiger partial charge < -0.3 is 9.84 Å². The standard InChI is InChI=1S/C30H22F2N2O4/c1-18-15-20(10-13-25(18)38-17-19-7-3-2-4-8-19)28(35)26-27(24-9-5-6-14-33-24)34(30(37)29(26)36)21-11-12-22(31)23(32)16-21/h2-16,27,35H,17H2,1H3/b28-26+. The number of carbonyl (C=O) groups is 2. The summed E-state index contributed by atoms with van der Waals surface area (Å²) in [6.45, 7) is 2.15. The number of anilines is 1. The minimum absolute atomic E-state index is 0.0402. The summed E-state index contributed by atoms with van der Waals surface area (Å²) in [6, 6.07) is 21.2. The second-order valence-corrected chi connectivity index (χ2v) is 8.78. The number of halogens is 2. The highest BCUT2D eigenvalue weighted by Crippen LogP contribution is 2.42. The lowest BCUT2D eigenvalue weighted by Gasteiger charge is -2.24. The lowest BCUT2D eigenvalue weighted by atomic mass is 9.97. The van der Waals surface area contributed by atoms with Crippen LogP contribution in [0.25, 0.3) is 5.76 Å². The first-order valence-corrected chi connectivity index (χ1v) is 11.8. The van der Waals surface area contributed by atoms with Crippen molar-refractivity contribution < 1.29 is 28.2 Å². The van der Waals surface area contributed by atoms with Crippen LogP contribution >= 0.6 is 0 Å². The van der Waals surface area contributed by atoms with Gasteiger partial charge >= 0.3 is 0 Å². The van der Waals surface area contributed by atoms with E-state index >= 15 is 0 Å². The first-order valence-electron chi connectivity index (χ1n) is 11.8. The molecular weight excluding hydrogens is 490 g/mol. The minimum Gasteiger partial charge on any atom is -0.507 e. The second kappa shape index (κ2) is 10.3. The molecule has 3 aromatic carbocycles. The second-order valence-electron chi connectivity index (χ2n) is 8.78. The van der Waals surface area contributed by atoms with Crippen LogP contribution in [0.4, 0.5) is 14.5 Å². The normalized spacial score (nSPS) is 16.6. The zero-order valence-corrected chi connectivity index (χ0v) is 20.3. The number of ketones is 1. The fraction of sp³-hybridized carbons (Fsp3) is 0.100. The Morgan fingerprint density at radius 3 is 2.39 bits per heavy atom. The van der Waals surface area contributed by atoms with Crippen molar-refractivity contribution in [1.29, 1.82) is 0 Å². The molecule has 0 bridgehead atoms. The topological polar surface area (TPSA) is 79.7 Å². The molecule has 6 nitrogen and oxygen atoms in total. The van der Waals surface area contributed by atoms with Gasteiger partial charge in [0.1, 0.15) is 24.2 Å². The summed E-state index contributed by atoms with van der Waals surface area (Å²) in [7, 11) is 0. The zero-order valence-electron chi connectivity index (χ0n) is 20.3. The van der Waals surface area contributed by atoms with Gasteiger partial charge in [0, 0.05) is 23.5 Å². The fourth-order valence-corrected chi connectivity index (χ4v) is 4.40. The van der Waals surface area contributed by atoms with Crippen LogP contribution in [-0.4, -0.2) is 21.8 Å². The van der Waals surface area contributed by atoms with E-state index in [1.54, 1.807) is 43.3 Å². The first kappa shape index (κ1) is 24.8. The van der Waals surface area contributed by atoms with Crippen molar-refractivity contribution in [2.75, 3.05) is 4.90 Å². The van der Waals surface area contributed by atoms with E-state index in [0.717, 1.165) is 22.6 Å². The highest BCUT2D eigenvalue weighted by atomic mass is 19.2. The van der Waals surface area contributed by atoms with Crippen LogP contribution in [0.2, 0.25) is 0 Å². The first-order chi connectivity index (χ1) is 18.3. The summed E-state index contributed by atoms with van der Waals surface area (Å²) in [4.78, 5) is 31.7. The van der Waals surface area contributed by atoms with Crippen molar-refractivity contribution in [2.45, 2.75) is 19.6 Å². The van der Waals surface area contributed by atoms with E-state index in [1.807, 2.05) is 30.3 Å². The molecule has 2 heterocycles. The maximum Gasteiger partial charge on any atom is 0.300 e. The molecule has 5 rings (SSSR count). The number of pyridine rings is 1. The number of aliphatic hydroxyl groups is 1. The van der Waals surface area contributed by atoms with Gasteiger partial charge in [-0.1, -0.05) is 36.4 Å². The van der Waals surface area contributed by atoms with Gasteiger partial charge in [-0.3, -0.25) is 19.5 Å². The van der Waals surface area contributed by atoms with Crippen molar-refractivity contribution in [2.24, 2.45) is 0 Å². The Morgan fingerprint density at radius 2 is 1.71 bits per heavy atom. The minimum atomic E-state index is -1.18. The summed E-state index contributed by atoms with van der Waals surface area (Å²) < 4.78 is 33.6. The van der Waals surface area contributed by atoms with Crippen LogP contribution in [-0.2, 0) is 16.2 Å². The van der Waals surface area contributed by atoms with E-state index in [0.29, 0.717) is 23.5 Å². The summed E-state index contributed by atoms with van der Waals surface area (Å²) >= 11 is 0. The third-order valence-corrected chi connectivity index (χ3v) is 6.28. The summed E-state index contributed by atoms with van der Waals surface area (Å²) in [5.41, 5.74) is 2.01. The molecule has 1 saturated heterocycles. The maximum atomic E-state index is 14.1. The number of hydrogen-bond acceptors (Lipinski definition) is 5. The van der Waals surface area contributed by atoms with Crippen LogP contribution in [0.5, 0.6) is 5.75 Å². The molecule has 8 heteroatoms. The van der Waals surface area contributed by atoms with Crippen LogP contribution in [0.15, 0.2) is 96.7 Å². The molecule has 0 spiro atoms. The predicted molar refractivity (Wildman–Crippen MR) is 137 cm³/mol. The number of Topliss-reactive ketones (excluding diaryl/α,β-unsaturated/α-hetero) is 1. The lowest BCUT2D eigenvalue weighted by Crippen LogP contribution is -2.30. The average molecular weight is 513 g/mol. The number of benzene rings is 3.